The van der Waals surface area contributed by atoms with Crippen molar-refractivity contribution in [2.45, 2.75) is 0 Å². The number of hydrogen-bond donors (Lipinski definition) is 2. The van der Waals surface area contributed by atoms with Crippen LogP contribution < -0.4 is 10.6 Å². The van der Waals surface area contributed by atoms with E-state index >= 15 is 0 Å². The molecule has 2 aromatic heterocycles. The average Bonchev–Trinajstić information content (AvgIpc) is 2.62. The molecular formula is C18H13BrN6. The summed E-state index contributed by atoms with van der Waals surface area (Å²) < 4.78 is 0.974. The summed E-state index contributed by atoms with van der Waals surface area (Å²) in [6.07, 6.45) is 3.35. The van der Waals surface area contributed by atoms with Gasteiger partial charge in [0.25, 0.3) is 0 Å². The number of fused-ring (bicyclic) bond motifs is 1. The molecule has 0 unspecified atom stereocenters. The van der Waals surface area contributed by atoms with E-state index in [9.17, 15) is 0 Å². The van der Waals surface area contributed by atoms with Crippen molar-refractivity contribution in [1.29, 1.82) is 0 Å². The van der Waals surface area contributed by atoms with Crippen molar-refractivity contribution in [2.75, 3.05) is 10.6 Å². The summed E-state index contributed by atoms with van der Waals surface area (Å²) in [4.78, 5) is 8.89. The van der Waals surface area contributed by atoms with Crippen molar-refractivity contribution >= 4 is 50.0 Å². The summed E-state index contributed by atoms with van der Waals surface area (Å²) in [7, 11) is 0. The van der Waals surface area contributed by atoms with Crippen LogP contribution in [-0.4, -0.2) is 20.2 Å². The smallest absolute Gasteiger partial charge is 0.249 e. The van der Waals surface area contributed by atoms with Crippen LogP contribution in [0, 0.1) is 0 Å². The topological polar surface area (TPSA) is 75.6 Å². The second-order valence-corrected chi connectivity index (χ2v) is 6.22. The zero-order valence-corrected chi connectivity index (χ0v) is 14.6. The largest absolute Gasteiger partial charge is 0.337 e. The zero-order valence-electron chi connectivity index (χ0n) is 13.0. The molecule has 0 radical (unpaired) electrons. The lowest BCUT2D eigenvalue weighted by Gasteiger charge is -2.09. The zero-order chi connectivity index (χ0) is 17.1. The predicted octanol–water partition coefficient (Wildman–Crippen LogP) is 4.67. The number of benzene rings is 2. The molecule has 0 aliphatic heterocycles. The highest BCUT2D eigenvalue weighted by Crippen LogP contribution is 2.24. The van der Waals surface area contributed by atoms with Gasteiger partial charge in [0.05, 0.1) is 17.4 Å². The van der Waals surface area contributed by atoms with Crippen LogP contribution in [-0.2, 0) is 0 Å². The first-order valence-corrected chi connectivity index (χ1v) is 8.40. The maximum absolute atomic E-state index is 4.46. The molecule has 4 aromatic rings. The summed E-state index contributed by atoms with van der Waals surface area (Å²) in [6, 6.07) is 17.7. The number of hydrogen-bond acceptors (Lipinski definition) is 6. The minimum Gasteiger partial charge on any atom is -0.337 e. The van der Waals surface area contributed by atoms with Crippen LogP contribution in [0.25, 0.3) is 10.9 Å². The lowest BCUT2D eigenvalue weighted by atomic mass is 10.2. The first kappa shape index (κ1) is 15.5. The third-order valence-electron chi connectivity index (χ3n) is 3.54. The van der Waals surface area contributed by atoms with Crippen LogP contribution in [0.4, 0.5) is 23.1 Å². The van der Waals surface area contributed by atoms with E-state index in [-0.39, 0.29) is 0 Å². The number of nitrogens with one attached hydrogen (secondary N) is 2. The Labute approximate surface area is 152 Å². The van der Waals surface area contributed by atoms with Crippen LogP contribution in [0.5, 0.6) is 0 Å². The molecule has 0 saturated carbocycles. The predicted molar refractivity (Wildman–Crippen MR) is 102 cm³/mol. The monoisotopic (exact) mass is 392 g/mol. The number of rotatable bonds is 4. The molecule has 4 rings (SSSR count). The molecule has 0 atom stereocenters. The molecule has 7 heteroatoms. The standard InChI is InChI=1S/C18H13BrN6/c19-13-6-2-7-14(10-13)22-18-24-16(11-21-25-18)23-15-8-1-4-12-5-3-9-20-17(12)15/h1-11H,(H2,22,23,24,25). The third kappa shape index (κ3) is 3.56. The Morgan fingerprint density at radius 1 is 0.920 bits per heavy atom. The molecule has 25 heavy (non-hydrogen) atoms. The molecule has 2 N–H and O–H groups in total. The molecule has 0 aliphatic rings. The number of pyridine rings is 1. The van der Waals surface area contributed by atoms with Crippen LogP contribution in [0.2, 0.25) is 0 Å². The van der Waals surface area contributed by atoms with Gasteiger partial charge in [0, 0.05) is 21.7 Å². The number of nitrogens with zero attached hydrogens (tertiary/aromatic N) is 4. The number of para-hydroxylation sites is 1. The van der Waals surface area contributed by atoms with E-state index in [0.29, 0.717) is 11.8 Å². The molecule has 2 heterocycles. The molecule has 122 valence electrons. The van der Waals surface area contributed by atoms with E-state index in [4.69, 9.17) is 0 Å². The Bertz CT molecular complexity index is 1030. The van der Waals surface area contributed by atoms with Gasteiger partial charge in [-0.05, 0) is 30.3 Å². The average molecular weight is 393 g/mol. The third-order valence-corrected chi connectivity index (χ3v) is 4.03. The SMILES string of the molecule is Brc1cccc(Nc2nncc(Nc3cccc4cccnc34)n2)c1. The fourth-order valence-electron chi connectivity index (χ4n) is 2.46. The Kier molecular flexibility index (Phi) is 4.22. The molecule has 0 saturated heterocycles. The lowest BCUT2D eigenvalue weighted by Crippen LogP contribution is -2.02. The number of halogens is 1. The quantitative estimate of drug-likeness (QED) is 0.525. The van der Waals surface area contributed by atoms with Gasteiger partial charge in [0.15, 0.2) is 5.82 Å². The van der Waals surface area contributed by atoms with Gasteiger partial charge in [-0.15, -0.1) is 5.10 Å². The first-order valence-electron chi connectivity index (χ1n) is 7.61. The molecule has 0 bridgehead atoms. The van der Waals surface area contributed by atoms with Gasteiger partial charge in [-0.1, -0.05) is 40.2 Å². The van der Waals surface area contributed by atoms with Gasteiger partial charge in [0.2, 0.25) is 5.95 Å². The van der Waals surface area contributed by atoms with Crippen LogP contribution in [0.3, 0.4) is 0 Å². The molecular weight excluding hydrogens is 380 g/mol. The van der Waals surface area contributed by atoms with Crippen molar-refractivity contribution in [3.8, 4) is 0 Å². The number of aromatic nitrogens is 4. The van der Waals surface area contributed by atoms with Gasteiger partial charge in [0.1, 0.15) is 0 Å². The highest BCUT2D eigenvalue weighted by atomic mass is 79.9. The van der Waals surface area contributed by atoms with E-state index in [1.807, 2.05) is 54.6 Å². The summed E-state index contributed by atoms with van der Waals surface area (Å²) in [5, 5.41) is 15.5. The Morgan fingerprint density at radius 3 is 2.72 bits per heavy atom. The molecule has 2 aromatic carbocycles. The lowest BCUT2D eigenvalue weighted by molar-refractivity contribution is 0.982. The highest BCUT2D eigenvalue weighted by Gasteiger charge is 2.05. The second-order valence-electron chi connectivity index (χ2n) is 5.31. The Morgan fingerprint density at radius 2 is 1.80 bits per heavy atom. The fourth-order valence-corrected chi connectivity index (χ4v) is 2.85. The highest BCUT2D eigenvalue weighted by molar-refractivity contribution is 9.10. The van der Waals surface area contributed by atoms with Gasteiger partial charge < -0.3 is 10.6 Å². The van der Waals surface area contributed by atoms with Crippen LogP contribution in [0.15, 0.2) is 71.5 Å². The van der Waals surface area contributed by atoms with E-state index < -0.39 is 0 Å². The second kappa shape index (κ2) is 6.82. The molecule has 0 fully saturated rings. The summed E-state index contributed by atoms with van der Waals surface area (Å²) in [6.45, 7) is 0. The molecule has 6 nitrogen and oxygen atoms in total. The normalized spacial score (nSPS) is 10.6. The van der Waals surface area contributed by atoms with Gasteiger partial charge in [-0.25, -0.2) is 0 Å². The maximum Gasteiger partial charge on any atom is 0.249 e. The van der Waals surface area contributed by atoms with E-state index in [1.54, 1.807) is 12.4 Å². The molecule has 0 spiro atoms. The minimum atomic E-state index is 0.413. The van der Waals surface area contributed by atoms with E-state index in [1.165, 1.54) is 0 Å². The van der Waals surface area contributed by atoms with E-state index in [2.05, 4.69) is 46.7 Å². The van der Waals surface area contributed by atoms with Crippen LogP contribution in [0.1, 0.15) is 0 Å². The van der Waals surface area contributed by atoms with Crippen molar-refractivity contribution in [1.82, 2.24) is 20.2 Å². The minimum absolute atomic E-state index is 0.413. The van der Waals surface area contributed by atoms with Crippen LogP contribution >= 0.6 is 15.9 Å². The maximum atomic E-state index is 4.46. The van der Waals surface area contributed by atoms with E-state index in [0.717, 1.165) is 26.8 Å². The van der Waals surface area contributed by atoms with Crippen molar-refractivity contribution < 1.29 is 0 Å². The van der Waals surface area contributed by atoms with Gasteiger partial charge >= 0.3 is 0 Å². The Balaban J connectivity index is 1.61. The summed E-state index contributed by atoms with van der Waals surface area (Å²) >= 11 is 3.44. The van der Waals surface area contributed by atoms with Crippen molar-refractivity contribution in [3.63, 3.8) is 0 Å². The fraction of sp³-hybridized carbons (Fsp3) is 0. The summed E-state index contributed by atoms with van der Waals surface area (Å²) in [5.74, 6) is 1.00. The van der Waals surface area contributed by atoms with Gasteiger partial charge in [-0.2, -0.15) is 10.1 Å². The molecule has 0 amide bonds. The Hall–Kier alpha value is -3.06. The summed E-state index contributed by atoms with van der Waals surface area (Å²) in [5.41, 5.74) is 2.62. The van der Waals surface area contributed by atoms with Crippen molar-refractivity contribution in [3.05, 3.63) is 71.5 Å². The van der Waals surface area contributed by atoms with Gasteiger partial charge in [-0.3, -0.25) is 4.98 Å². The van der Waals surface area contributed by atoms with Crippen molar-refractivity contribution in [2.24, 2.45) is 0 Å². The first-order chi connectivity index (χ1) is 12.3. The molecule has 0 aliphatic carbocycles. The number of anilines is 4.